The first-order chi connectivity index (χ1) is 8.75. The third-order valence-electron chi connectivity index (χ3n) is 3.23. The van der Waals surface area contributed by atoms with Gasteiger partial charge in [0.05, 0.1) is 0 Å². The largest absolute Gasteiger partial charge is 0.313 e. The van der Waals surface area contributed by atoms with E-state index in [4.69, 9.17) is 0 Å². The fraction of sp³-hybridized carbons (Fsp3) is 0.375. The molecule has 0 radical (unpaired) electrons. The number of hydrogen-bond acceptors (Lipinski definition) is 2. The van der Waals surface area contributed by atoms with Crippen molar-refractivity contribution in [2.75, 3.05) is 6.54 Å². The Morgan fingerprint density at radius 2 is 1.83 bits per heavy atom. The lowest BCUT2D eigenvalue weighted by molar-refractivity contribution is 0.519. The molecule has 2 unspecified atom stereocenters. The quantitative estimate of drug-likeness (QED) is 0.824. The van der Waals surface area contributed by atoms with Crippen molar-refractivity contribution in [1.82, 2.24) is 5.32 Å². The van der Waals surface area contributed by atoms with Crippen LogP contribution in [0.4, 0.5) is 0 Å². The lowest BCUT2D eigenvalue weighted by Gasteiger charge is -2.17. The van der Waals surface area contributed by atoms with Crippen LogP contribution in [0.25, 0.3) is 0 Å². The van der Waals surface area contributed by atoms with Gasteiger partial charge in [-0.05, 0) is 36.3 Å². The van der Waals surface area contributed by atoms with E-state index in [9.17, 15) is 0 Å². The molecule has 2 aromatic rings. The van der Waals surface area contributed by atoms with Crippen LogP contribution in [0.1, 0.15) is 30.2 Å². The predicted molar refractivity (Wildman–Crippen MR) is 80.3 cm³/mol. The van der Waals surface area contributed by atoms with Crippen LogP contribution in [-0.4, -0.2) is 12.6 Å². The number of thiophene rings is 1. The van der Waals surface area contributed by atoms with Crippen molar-refractivity contribution in [3.8, 4) is 0 Å². The van der Waals surface area contributed by atoms with Crippen molar-refractivity contribution in [3.63, 3.8) is 0 Å². The van der Waals surface area contributed by atoms with Crippen LogP contribution in [0.2, 0.25) is 0 Å². The van der Waals surface area contributed by atoms with E-state index in [2.05, 4.69) is 67.0 Å². The zero-order valence-electron chi connectivity index (χ0n) is 11.1. The molecule has 1 nitrogen and oxygen atoms in total. The summed E-state index contributed by atoms with van der Waals surface area (Å²) in [4.78, 5) is 1.46. The summed E-state index contributed by atoms with van der Waals surface area (Å²) in [5.41, 5.74) is 1.41. The van der Waals surface area contributed by atoms with Crippen molar-refractivity contribution in [2.24, 2.45) is 0 Å². The van der Waals surface area contributed by atoms with Gasteiger partial charge in [0.15, 0.2) is 0 Å². The van der Waals surface area contributed by atoms with Crippen LogP contribution in [0.3, 0.4) is 0 Å². The summed E-state index contributed by atoms with van der Waals surface area (Å²) < 4.78 is 0. The minimum absolute atomic E-state index is 0.537. The average Bonchev–Trinajstić information content (AvgIpc) is 2.90. The summed E-state index contributed by atoms with van der Waals surface area (Å²) in [6, 6.07) is 15.6. The second-order valence-electron chi connectivity index (χ2n) is 4.90. The molecule has 96 valence electrons. The van der Waals surface area contributed by atoms with E-state index < -0.39 is 0 Å². The van der Waals surface area contributed by atoms with Crippen molar-refractivity contribution >= 4 is 11.3 Å². The molecule has 0 aliphatic carbocycles. The Labute approximate surface area is 114 Å². The monoisotopic (exact) mass is 259 g/mol. The number of rotatable bonds is 6. The molecule has 0 aliphatic heterocycles. The molecule has 0 aliphatic rings. The Morgan fingerprint density at radius 1 is 1.06 bits per heavy atom. The topological polar surface area (TPSA) is 12.0 Å². The minimum atomic E-state index is 0.537. The highest BCUT2D eigenvalue weighted by atomic mass is 32.1. The average molecular weight is 259 g/mol. The van der Waals surface area contributed by atoms with E-state index >= 15 is 0 Å². The maximum atomic E-state index is 3.63. The summed E-state index contributed by atoms with van der Waals surface area (Å²) >= 11 is 1.84. The lowest BCUT2D eigenvalue weighted by atomic mass is 10.0. The standard InChI is InChI=1S/C16H21NS/c1-13(15-7-4-3-5-8-15)12-17-14(2)11-16-9-6-10-18-16/h3-10,13-14,17H,11-12H2,1-2H3. The Kier molecular flexibility index (Phi) is 4.97. The molecule has 0 fully saturated rings. The summed E-state index contributed by atoms with van der Waals surface area (Å²) in [6.45, 7) is 5.58. The highest BCUT2D eigenvalue weighted by Gasteiger charge is 2.08. The number of hydrogen-bond donors (Lipinski definition) is 1. The van der Waals surface area contributed by atoms with Gasteiger partial charge in [-0.3, -0.25) is 0 Å². The third-order valence-corrected chi connectivity index (χ3v) is 4.13. The van der Waals surface area contributed by atoms with Crippen molar-refractivity contribution < 1.29 is 0 Å². The molecule has 1 aromatic carbocycles. The summed E-state index contributed by atoms with van der Waals surface area (Å²) in [6.07, 6.45) is 1.12. The smallest absolute Gasteiger partial charge is 0.00872 e. The van der Waals surface area contributed by atoms with Crippen molar-refractivity contribution in [1.29, 1.82) is 0 Å². The molecule has 0 spiro atoms. The first-order valence-corrected chi connectivity index (χ1v) is 7.44. The van der Waals surface area contributed by atoms with Gasteiger partial charge in [-0.1, -0.05) is 43.3 Å². The maximum Gasteiger partial charge on any atom is 0.00872 e. The van der Waals surface area contributed by atoms with Gasteiger partial charge in [-0.15, -0.1) is 11.3 Å². The Hall–Kier alpha value is -1.12. The highest BCUT2D eigenvalue weighted by Crippen LogP contribution is 2.14. The van der Waals surface area contributed by atoms with Crippen LogP contribution < -0.4 is 5.32 Å². The first kappa shape index (κ1) is 13.3. The zero-order chi connectivity index (χ0) is 12.8. The molecule has 1 N–H and O–H groups in total. The second-order valence-corrected chi connectivity index (χ2v) is 5.94. The van der Waals surface area contributed by atoms with Gasteiger partial charge in [-0.25, -0.2) is 0 Å². The van der Waals surface area contributed by atoms with Gasteiger partial charge in [0.1, 0.15) is 0 Å². The SMILES string of the molecule is CC(Cc1cccs1)NCC(C)c1ccccc1. The molecule has 2 rings (SSSR count). The molecule has 2 atom stereocenters. The predicted octanol–water partition coefficient (Wildman–Crippen LogP) is 4.07. The van der Waals surface area contributed by atoms with Crippen molar-refractivity contribution in [3.05, 3.63) is 58.3 Å². The van der Waals surface area contributed by atoms with Gasteiger partial charge in [-0.2, -0.15) is 0 Å². The normalized spacial score (nSPS) is 14.3. The van der Waals surface area contributed by atoms with Crippen LogP contribution in [-0.2, 0) is 6.42 Å². The van der Waals surface area contributed by atoms with E-state index in [0.29, 0.717) is 12.0 Å². The molecule has 0 bridgehead atoms. The van der Waals surface area contributed by atoms with Gasteiger partial charge in [0, 0.05) is 17.5 Å². The van der Waals surface area contributed by atoms with Gasteiger partial charge in [0.2, 0.25) is 0 Å². The van der Waals surface area contributed by atoms with Crippen LogP contribution in [0, 0.1) is 0 Å². The van der Waals surface area contributed by atoms with Crippen LogP contribution in [0.5, 0.6) is 0 Å². The van der Waals surface area contributed by atoms with Gasteiger partial charge >= 0.3 is 0 Å². The summed E-state index contributed by atoms with van der Waals surface area (Å²) in [5, 5.41) is 5.77. The fourth-order valence-corrected chi connectivity index (χ4v) is 2.92. The molecular formula is C16H21NS. The van der Waals surface area contributed by atoms with E-state index in [1.807, 2.05) is 11.3 Å². The Bertz CT molecular complexity index is 435. The molecular weight excluding hydrogens is 238 g/mol. The third kappa shape index (κ3) is 3.97. The molecule has 1 aromatic heterocycles. The molecule has 18 heavy (non-hydrogen) atoms. The van der Waals surface area contributed by atoms with E-state index in [1.165, 1.54) is 10.4 Å². The van der Waals surface area contributed by atoms with Gasteiger partial charge in [0.25, 0.3) is 0 Å². The zero-order valence-corrected chi connectivity index (χ0v) is 11.9. The Morgan fingerprint density at radius 3 is 2.50 bits per heavy atom. The summed E-state index contributed by atoms with van der Waals surface area (Å²) in [5.74, 6) is 0.567. The fourth-order valence-electron chi connectivity index (χ4n) is 2.08. The summed E-state index contributed by atoms with van der Waals surface area (Å²) in [7, 11) is 0. The minimum Gasteiger partial charge on any atom is -0.313 e. The van der Waals surface area contributed by atoms with Crippen molar-refractivity contribution in [2.45, 2.75) is 32.2 Å². The van der Waals surface area contributed by atoms with Gasteiger partial charge < -0.3 is 5.32 Å². The Balaban J connectivity index is 1.77. The lowest BCUT2D eigenvalue weighted by Crippen LogP contribution is -2.31. The maximum absolute atomic E-state index is 3.63. The molecule has 0 saturated carbocycles. The van der Waals surface area contributed by atoms with E-state index in [0.717, 1.165) is 13.0 Å². The highest BCUT2D eigenvalue weighted by molar-refractivity contribution is 7.09. The molecule has 0 amide bonds. The van der Waals surface area contributed by atoms with Crippen LogP contribution >= 0.6 is 11.3 Å². The second kappa shape index (κ2) is 6.72. The van der Waals surface area contributed by atoms with E-state index in [-0.39, 0.29) is 0 Å². The first-order valence-electron chi connectivity index (χ1n) is 6.56. The molecule has 1 heterocycles. The number of nitrogens with one attached hydrogen (secondary N) is 1. The molecule has 2 heteroatoms. The van der Waals surface area contributed by atoms with E-state index in [1.54, 1.807) is 0 Å². The molecule has 0 saturated heterocycles. The number of benzene rings is 1. The van der Waals surface area contributed by atoms with Crippen LogP contribution in [0.15, 0.2) is 47.8 Å².